The number of para-hydroxylation sites is 2. The molecular weight excluding hydrogens is 667 g/mol. The Kier molecular flexibility index (Phi) is 6.66. The van der Waals surface area contributed by atoms with Crippen molar-refractivity contribution >= 4 is 49.3 Å². The molecule has 2 heterocycles. The number of benzene rings is 8. The van der Waals surface area contributed by atoms with Crippen molar-refractivity contribution in [1.82, 2.24) is 9.13 Å². The largest absolute Gasteiger partial charge is 0.309 e. The number of rotatable bonds is 4. The van der Waals surface area contributed by atoms with Gasteiger partial charge in [0.15, 0.2) is 5.69 Å². The van der Waals surface area contributed by atoms with E-state index >= 15 is 0 Å². The van der Waals surface area contributed by atoms with Gasteiger partial charge < -0.3 is 9.13 Å². The summed E-state index contributed by atoms with van der Waals surface area (Å²) in [4.78, 5) is 3.57. The Labute approximate surface area is 319 Å². The topological polar surface area (TPSA) is 14.2 Å². The van der Waals surface area contributed by atoms with E-state index < -0.39 is 0 Å². The molecule has 0 atom stereocenters. The van der Waals surface area contributed by atoms with Gasteiger partial charge in [-0.15, -0.1) is 0 Å². The fraction of sp³-hybridized carbons (Fsp3) is 0.0577. The van der Waals surface area contributed by atoms with Crippen molar-refractivity contribution in [2.75, 3.05) is 0 Å². The maximum atomic E-state index is 7.34. The van der Waals surface area contributed by atoms with Crippen LogP contribution in [0.3, 0.4) is 0 Å². The molecular formula is C52H35N3. The van der Waals surface area contributed by atoms with Crippen molar-refractivity contribution in [3.05, 3.63) is 198 Å². The van der Waals surface area contributed by atoms with Gasteiger partial charge in [-0.05, 0) is 105 Å². The van der Waals surface area contributed by atoms with Gasteiger partial charge in [0.2, 0.25) is 0 Å². The van der Waals surface area contributed by atoms with Gasteiger partial charge in [0.05, 0.1) is 28.6 Å². The van der Waals surface area contributed by atoms with Crippen LogP contribution in [0.15, 0.2) is 176 Å². The minimum absolute atomic E-state index is 0.0232. The summed E-state index contributed by atoms with van der Waals surface area (Å²) in [5.74, 6) is 0. The summed E-state index contributed by atoms with van der Waals surface area (Å²) in [5.41, 5.74) is 17.7. The molecule has 0 unspecified atom stereocenters. The monoisotopic (exact) mass is 701 g/mol. The van der Waals surface area contributed by atoms with E-state index in [9.17, 15) is 0 Å². The van der Waals surface area contributed by atoms with E-state index in [1.54, 1.807) is 0 Å². The summed E-state index contributed by atoms with van der Waals surface area (Å²) in [6.07, 6.45) is 0. The number of hydrogen-bond donors (Lipinski definition) is 0. The highest BCUT2D eigenvalue weighted by atomic mass is 15.0. The summed E-state index contributed by atoms with van der Waals surface area (Å²) in [6, 6.07) is 63.8. The summed E-state index contributed by atoms with van der Waals surface area (Å²) in [5, 5.41) is 4.95. The highest BCUT2D eigenvalue weighted by Gasteiger charge is 2.35. The van der Waals surface area contributed by atoms with E-state index in [-0.39, 0.29) is 5.41 Å². The lowest BCUT2D eigenvalue weighted by atomic mass is 9.82. The van der Waals surface area contributed by atoms with Crippen LogP contribution in [-0.4, -0.2) is 9.13 Å². The lowest BCUT2D eigenvalue weighted by Gasteiger charge is -2.21. The van der Waals surface area contributed by atoms with Gasteiger partial charge in [-0.2, -0.15) is 0 Å². The fourth-order valence-electron chi connectivity index (χ4n) is 9.26. The smallest absolute Gasteiger partial charge is 0.187 e. The Balaban J connectivity index is 1.05. The third kappa shape index (κ3) is 4.62. The molecule has 2 aromatic heterocycles. The Morgan fingerprint density at radius 2 is 0.927 bits per heavy atom. The molecule has 11 rings (SSSR count). The van der Waals surface area contributed by atoms with Crippen LogP contribution < -0.4 is 0 Å². The SMILES string of the molecule is [C-]#[N+]c1ccc(-c2cccc(-n3c4ccccc4c4cc(-c5ccc6c(c5)c5ccccc5n6-c5ccc6c(c5)-c5ccccc5C6(C)C)ccc43)c2)cc1. The number of hydrogen-bond acceptors (Lipinski definition) is 0. The van der Waals surface area contributed by atoms with Gasteiger partial charge in [-0.3, -0.25) is 0 Å². The summed E-state index contributed by atoms with van der Waals surface area (Å²) >= 11 is 0. The number of nitrogens with zero attached hydrogens (tertiary/aromatic N) is 3. The molecule has 0 N–H and O–H groups in total. The molecule has 55 heavy (non-hydrogen) atoms. The maximum absolute atomic E-state index is 7.34. The Bertz CT molecular complexity index is 3240. The maximum Gasteiger partial charge on any atom is 0.187 e. The van der Waals surface area contributed by atoms with E-state index in [0.29, 0.717) is 5.69 Å². The van der Waals surface area contributed by atoms with Gasteiger partial charge >= 0.3 is 0 Å². The average molecular weight is 702 g/mol. The van der Waals surface area contributed by atoms with Crippen molar-refractivity contribution in [1.29, 1.82) is 0 Å². The van der Waals surface area contributed by atoms with Crippen molar-refractivity contribution < 1.29 is 0 Å². The zero-order valence-electron chi connectivity index (χ0n) is 30.6. The summed E-state index contributed by atoms with van der Waals surface area (Å²) in [7, 11) is 0. The van der Waals surface area contributed by atoms with E-state index in [1.165, 1.54) is 82.7 Å². The van der Waals surface area contributed by atoms with Gasteiger partial charge in [0, 0.05) is 38.3 Å². The van der Waals surface area contributed by atoms with Crippen LogP contribution in [-0.2, 0) is 5.41 Å². The predicted molar refractivity (Wildman–Crippen MR) is 230 cm³/mol. The molecule has 0 amide bonds. The second kappa shape index (κ2) is 11.7. The van der Waals surface area contributed by atoms with Gasteiger partial charge in [0.25, 0.3) is 0 Å². The zero-order chi connectivity index (χ0) is 36.8. The minimum Gasteiger partial charge on any atom is -0.309 e. The lowest BCUT2D eigenvalue weighted by molar-refractivity contribution is 0.660. The van der Waals surface area contributed by atoms with Crippen LogP contribution in [0.25, 0.3) is 93.2 Å². The molecule has 3 nitrogen and oxygen atoms in total. The van der Waals surface area contributed by atoms with Crippen LogP contribution in [0.4, 0.5) is 5.69 Å². The molecule has 1 aliphatic carbocycles. The first-order valence-corrected chi connectivity index (χ1v) is 18.9. The third-order valence-electron chi connectivity index (χ3n) is 11.9. The standard InChI is InChI=1S/C52H35N3/c1-52(2)46-16-7-4-13-40(46)43-32-39(25-26-47(43)52)55-49-18-9-6-15-42(49)45-31-36(22-28-51(45)55)35-21-27-50-44(30-35)41-14-5-8-17-48(41)54(50)38-12-10-11-34(29-38)33-19-23-37(53-3)24-20-33/h4-32H,1-2H3. The van der Waals surface area contributed by atoms with Crippen LogP contribution >= 0.6 is 0 Å². The second-order valence-electron chi connectivity index (χ2n) is 15.3. The normalized spacial score (nSPS) is 13.0. The molecule has 0 fully saturated rings. The first-order chi connectivity index (χ1) is 27.0. The van der Waals surface area contributed by atoms with Crippen LogP contribution in [0.5, 0.6) is 0 Å². The minimum atomic E-state index is -0.0232. The van der Waals surface area contributed by atoms with E-state index in [2.05, 4.69) is 179 Å². The molecule has 0 saturated heterocycles. The highest BCUT2D eigenvalue weighted by molar-refractivity contribution is 6.13. The van der Waals surface area contributed by atoms with Gasteiger partial charge in [-0.25, -0.2) is 4.85 Å². The summed E-state index contributed by atoms with van der Waals surface area (Å²) < 4.78 is 4.81. The molecule has 0 aliphatic heterocycles. The number of aromatic nitrogens is 2. The molecule has 1 aliphatic rings. The fourth-order valence-corrected chi connectivity index (χ4v) is 9.26. The number of fused-ring (bicyclic) bond motifs is 9. The first kappa shape index (κ1) is 31.4. The molecule has 10 aromatic rings. The molecule has 258 valence electrons. The quantitative estimate of drug-likeness (QED) is 0.162. The molecule has 0 bridgehead atoms. The van der Waals surface area contributed by atoms with Gasteiger partial charge in [-0.1, -0.05) is 129 Å². The molecule has 3 heteroatoms. The molecule has 8 aromatic carbocycles. The Morgan fingerprint density at radius 3 is 1.58 bits per heavy atom. The lowest BCUT2D eigenvalue weighted by Crippen LogP contribution is -2.14. The van der Waals surface area contributed by atoms with Crippen molar-refractivity contribution in [3.63, 3.8) is 0 Å². The van der Waals surface area contributed by atoms with Crippen molar-refractivity contribution in [3.8, 4) is 44.8 Å². The Morgan fingerprint density at radius 1 is 0.400 bits per heavy atom. The Hall–Kier alpha value is -7.15. The molecule has 0 spiro atoms. The second-order valence-corrected chi connectivity index (χ2v) is 15.3. The molecule has 0 radical (unpaired) electrons. The van der Waals surface area contributed by atoms with E-state index in [0.717, 1.165) is 16.8 Å². The van der Waals surface area contributed by atoms with E-state index in [4.69, 9.17) is 6.57 Å². The highest BCUT2D eigenvalue weighted by Crippen LogP contribution is 2.49. The van der Waals surface area contributed by atoms with Crippen LogP contribution in [0.1, 0.15) is 25.0 Å². The first-order valence-electron chi connectivity index (χ1n) is 18.9. The van der Waals surface area contributed by atoms with Crippen molar-refractivity contribution in [2.45, 2.75) is 19.3 Å². The predicted octanol–water partition coefficient (Wildman–Crippen LogP) is 14.1. The average Bonchev–Trinajstić information content (AvgIpc) is 3.83. The third-order valence-corrected chi connectivity index (χ3v) is 11.9. The van der Waals surface area contributed by atoms with Gasteiger partial charge in [0.1, 0.15) is 0 Å². The van der Waals surface area contributed by atoms with Crippen molar-refractivity contribution in [2.24, 2.45) is 0 Å². The van der Waals surface area contributed by atoms with Crippen LogP contribution in [0, 0.1) is 6.57 Å². The molecule has 0 saturated carbocycles. The van der Waals surface area contributed by atoms with E-state index in [1.807, 2.05) is 24.3 Å². The zero-order valence-corrected chi connectivity index (χ0v) is 30.6. The van der Waals surface area contributed by atoms with Crippen LogP contribution in [0.2, 0.25) is 0 Å². The summed E-state index contributed by atoms with van der Waals surface area (Å²) in [6.45, 7) is 12.0.